The molecule has 1 aliphatic rings. The number of nitrogens with zero attached hydrogens (tertiary/aromatic N) is 1. The maximum absolute atomic E-state index is 10.4. The van der Waals surface area contributed by atoms with Crippen molar-refractivity contribution < 1.29 is 0 Å². The van der Waals surface area contributed by atoms with Crippen LogP contribution in [0.2, 0.25) is 0 Å². The van der Waals surface area contributed by atoms with Crippen LogP contribution in [0.4, 0.5) is 11.4 Å². The first kappa shape index (κ1) is 8.23. The Balaban J connectivity index is 2.50. The molecule has 1 N–H and O–H groups in total. The summed E-state index contributed by atoms with van der Waals surface area (Å²) in [5, 5.41) is 6.25. The van der Waals surface area contributed by atoms with Gasteiger partial charge in [0.25, 0.3) is 0 Å². The molecule has 0 unspecified atom stereocenters. The van der Waals surface area contributed by atoms with Gasteiger partial charge in [-0.25, -0.2) is 0 Å². The van der Waals surface area contributed by atoms with Crippen LogP contribution in [0, 0.1) is 11.8 Å². The molecule has 0 radical (unpaired) electrons. The molecule has 3 heteroatoms. The molecule has 3 nitrogen and oxygen atoms in total. The molecule has 1 aromatic carbocycles. The minimum atomic E-state index is 0.549. The second kappa shape index (κ2) is 3.17. The number of anilines is 1. The SMILES string of the molecule is Cc1cc2c(cc1N=O)NCCC2. The molecule has 0 amide bonds. The third-order valence-corrected chi connectivity index (χ3v) is 2.46. The number of rotatable bonds is 1. The van der Waals surface area contributed by atoms with Crippen molar-refractivity contribution in [2.45, 2.75) is 19.8 Å². The first-order valence-electron chi connectivity index (χ1n) is 4.52. The second-order valence-corrected chi connectivity index (χ2v) is 3.42. The van der Waals surface area contributed by atoms with E-state index in [9.17, 15) is 4.91 Å². The van der Waals surface area contributed by atoms with E-state index >= 15 is 0 Å². The average Bonchev–Trinajstić information content (AvgIpc) is 2.17. The Bertz CT molecular complexity index is 347. The summed E-state index contributed by atoms with van der Waals surface area (Å²) in [5.74, 6) is 0. The van der Waals surface area contributed by atoms with Gasteiger partial charge in [-0.05, 0) is 42.1 Å². The van der Waals surface area contributed by atoms with Crippen LogP contribution in [0.1, 0.15) is 17.5 Å². The summed E-state index contributed by atoms with van der Waals surface area (Å²) in [7, 11) is 0. The van der Waals surface area contributed by atoms with Crippen LogP contribution < -0.4 is 5.32 Å². The van der Waals surface area contributed by atoms with E-state index < -0.39 is 0 Å². The van der Waals surface area contributed by atoms with Gasteiger partial charge < -0.3 is 5.32 Å². The lowest BCUT2D eigenvalue weighted by Gasteiger charge is -2.18. The highest BCUT2D eigenvalue weighted by Crippen LogP contribution is 2.29. The number of fused-ring (bicyclic) bond motifs is 1. The van der Waals surface area contributed by atoms with Crippen molar-refractivity contribution in [3.8, 4) is 0 Å². The van der Waals surface area contributed by atoms with Gasteiger partial charge in [0, 0.05) is 12.2 Å². The Labute approximate surface area is 77.1 Å². The van der Waals surface area contributed by atoms with Gasteiger partial charge in [0.15, 0.2) is 0 Å². The van der Waals surface area contributed by atoms with Crippen molar-refractivity contribution in [3.05, 3.63) is 28.2 Å². The summed E-state index contributed by atoms with van der Waals surface area (Å²) in [6.07, 6.45) is 2.27. The first-order chi connectivity index (χ1) is 6.31. The van der Waals surface area contributed by atoms with Gasteiger partial charge in [-0.15, -0.1) is 4.91 Å². The third-order valence-electron chi connectivity index (χ3n) is 2.46. The van der Waals surface area contributed by atoms with E-state index in [1.165, 1.54) is 12.0 Å². The zero-order chi connectivity index (χ0) is 9.26. The summed E-state index contributed by atoms with van der Waals surface area (Å²) in [5.41, 5.74) is 3.90. The smallest absolute Gasteiger partial charge is 0.112 e. The molecular weight excluding hydrogens is 164 g/mol. The topological polar surface area (TPSA) is 41.5 Å². The molecule has 1 heterocycles. The molecule has 1 aliphatic heterocycles. The van der Waals surface area contributed by atoms with E-state index in [1.807, 2.05) is 13.0 Å². The van der Waals surface area contributed by atoms with Gasteiger partial charge in [0.1, 0.15) is 5.69 Å². The van der Waals surface area contributed by atoms with Crippen molar-refractivity contribution in [2.24, 2.45) is 5.18 Å². The van der Waals surface area contributed by atoms with Crippen LogP contribution in [0.3, 0.4) is 0 Å². The second-order valence-electron chi connectivity index (χ2n) is 3.42. The maximum atomic E-state index is 10.4. The van der Waals surface area contributed by atoms with Crippen molar-refractivity contribution in [2.75, 3.05) is 11.9 Å². The number of hydrogen-bond acceptors (Lipinski definition) is 3. The number of aryl methyl sites for hydroxylation is 2. The molecular formula is C10H12N2O. The number of hydrogen-bond donors (Lipinski definition) is 1. The van der Waals surface area contributed by atoms with Crippen molar-refractivity contribution >= 4 is 11.4 Å². The molecule has 68 valence electrons. The predicted molar refractivity (Wildman–Crippen MR) is 53.4 cm³/mol. The summed E-state index contributed by atoms with van der Waals surface area (Å²) in [6, 6.07) is 3.90. The minimum absolute atomic E-state index is 0.549. The van der Waals surface area contributed by atoms with E-state index in [0.717, 1.165) is 24.2 Å². The standard InChI is InChI=1S/C10H12N2O/c1-7-5-8-3-2-4-11-10(8)6-9(7)12-13/h5-6,11H,2-4H2,1H3. The molecule has 0 saturated heterocycles. The highest BCUT2D eigenvalue weighted by molar-refractivity contribution is 5.63. The van der Waals surface area contributed by atoms with E-state index in [0.29, 0.717) is 5.69 Å². The fourth-order valence-corrected chi connectivity index (χ4v) is 1.73. The molecule has 1 aromatic rings. The molecule has 0 bridgehead atoms. The van der Waals surface area contributed by atoms with Crippen LogP contribution in [0.5, 0.6) is 0 Å². The predicted octanol–water partition coefficient (Wildman–Crippen LogP) is 2.75. The summed E-state index contributed by atoms with van der Waals surface area (Å²) >= 11 is 0. The van der Waals surface area contributed by atoms with E-state index in [1.54, 1.807) is 0 Å². The third kappa shape index (κ3) is 1.41. The van der Waals surface area contributed by atoms with Crippen LogP contribution in [0.25, 0.3) is 0 Å². The zero-order valence-electron chi connectivity index (χ0n) is 7.63. The van der Waals surface area contributed by atoms with E-state index in [2.05, 4.69) is 16.6 Å². The fourth-order valence-electron chi connectivity index (χ4n) is 1.73. The van der Waals surface area contributed by atoms with Gasteiger partial charge >= 0.3 is 0 Å². The lowest BCUT2D eigenvalue weighted by Crippen LogP contribution is -2.11. The van der Waals surface area contributed by atoms with E-state index in [-0.39, 0.29) is 0 Å². The Kier molecular flexibility index (Phi) is 2.00. The lowest BCUT2D eigenvalue weighted by molar-refractivity contribution is 0.829. The molecule has 0 spiro atoms. The molecule has 0 atom stereocenters. The Hall–Kier alpha value is -1.38. The Morgan fingerprint density at radius 3 is 3.08 bits per heavy atom. The van der Waals surface area contributed by atoms with Gasteiger partial charge in [-0.2, -0.15) is 0 Å². The summed E-state index contributed by atoms with van der Waals surface area (Å²) < 4.78 is 0. The Morgan fingerprint density at radius 2 is 2.31 bits per heavy atom. The van der Waals surface area contributed by atoms with Gasteiger partial charge in [-0.1, -0.05) is 6.07 Å². The van der Waals surface area contributed by atoms with Crippen LogP contribution >= 0.6 is 0 Å². The lowest BCUT2D eigenvalue weighted by atomic mass is 10.0. The van der Waals surface area contributed by atoms with Crippen molar-refractivity contribution in [1.29, 1.82) is 0 Å². The van der Waals surface area contributed by atoms with E-state index in [4.69, 9.17) is 0 Å². The molecule has 0 aliphatic carbocycles. The highest BCUT2D eigenvalue weighted by Gasteiger charge is 2.10. The van der Waals surface area contributed by atoms with Gasteiger partial charge in [0.2, 0.25) is 0 Å². The highest BCUT2D eigenvalue weighted by atomic mass is 16.3. The fraction of sp³-hybridized carbons (Fsp3) is 0.400. The molecule has 0 saturated carbocycles. The van der Waals surface area contributed by atoms with Crippen molar-refractivity contribution in [1.82, 2.24) is 0 Å². The average molecular weight is 176 g/mol. The van der Waals surface area contributed by atoms with Crippen LogP contribution in [0.15, 0.2) is 17.3 Å². The van der Waals surface area contributed by atoms with Crippen molar-refractivity contribution in [3.63, 3.8) is 0 Å². The quantitative estimate of drug-likeness (QED) is 0.668. The normalized spacial score (nSPS) is 14.5. The molecule has 2 rings (SSSR count). The zero-order valence-corrected chi connectivity index (χ0v) is 7.63. The monoisotopic (exact) mass is 176 g/mol. The van der Waals surface area contributed by atoms with Crippen LogP contribution in [-0.2, 0) is 6.42 Å². The van der Waals surface area contributed by atoms with Crippen LogP contribution in [-0.4, -0.2) is 6.54 Å². The first-order valence-corrected chi connectivity index (χ1v) is 4.52. The number of nitroso groups, excluding NO2 is 1. The largest absolute Gasteiger partial charge is 0.385 e. The van der Waals surface area contributed by atoms with Gasteiger partial charge in [0.05, 0.1) is 0 Å². The molecule has 0 fully saturated rings. The van der Waals surface area contributed by atoms with Gasteiger partial charge in [-0.3, -0.25) is 0 Å². The maximum Gasteiger partial charge on any atom is 0.112 e. The summed E-state index contributed by atoms with van der Waals surface area (Å²) in [6.45, 7) is 2.92. The Morgan fingerprint density at radius 1 is 1.46 bits per heavy atom. The molecule has 13 heavy (non-hydrogen) atoms. The minimum Gasteiger partial charge on any atom is -0.385 e. The number of nitrogens with one attached hydrogen (secondary N) is 1. The molecule has 0 aromatic heterocycles. The number of benzene rings is 1. The summed E-state index contributed by atoms with van der Waals surface area (Å²) in [4.78, 5) is 10.4.